The summed E-state index contributed by atoms with van der Waals surface area (Å²) in [5.41, 5.74) is 11.4. The molecule has 3 aliphatic heterocycles. The van der Waals surface area contributed by atoms with Gasteiger partial charge < -0.3 is 25.9 Å². The number of amides is 1. The maximum Gasteiger partial charge on any atom is 0.249 e. The minimum Gasteiger partial charge on any atom is -0.373 e. The van der Waals surface area contributed by atoms with Gasteiger partial charge in [-0.05, 0) is 90.5 Å². The lowest BCUT2D eigenvalue weighted by Gasteiger charge is -2.42. The molecule has 0 bridgehead atoms. The topological polar surface area (TPSA) is 115 Å². The van der Waals surface area contributed by atoms with E-state index in [0.717, 1.165) is 37.2 Å². The average molecular weight is 788 g/mol. The van der Waals surface area contributed by atoms with Gasteiger partial charge in [-0.1, -0.05) is 48.0 Å². The van der Waals surface area contributed by atoms with Crippen molar-refractivity contribution in [3.63, 3.8) is 0 Å². The molecule has 290 valence electrons. The first-order chi connectivity index (χ1) is 26.1. The number of aromatic nitrogens is 1. The number of halogens is 3. The molecule has 2 saturated heterocycles. The number of benzene rings is 2. The van der Waals surface area contributed by atoms with E-state index in [-0.39, 0.29) is 28.1 Å². The van der Waals surface area contributed by atoms with Gasteiger partial charge in [-0.25, -0.2) is 4.39 Å². The summed E-state index contributed by atoms with van der Waals surface area (Å²) in [5, 5.41) is 19.9. The molecule has 4 heterocycles. The monoisotopic (exact) mass is 786 g/mol. The Morgan fingerprint density at radius 2 is 1.85 bits per heavy atom. The zero-order valence-corrected chi connectivity index (χ0v) is 33.7. The maximum absolute atomic E-state index is 14.0. The number of hydrazine groups is 2. The summed E-state index contributed by atoms with van der Waals surface area (Å²) in [7, 11) is 4.05. The van der Waals surface area contributed by atoms with Crippen LogP contribution in [0.4, 0.5) is 21.5 Å². The van der Waals surface area contributed by atoms with Gasteiger partial charge in [0.05, 0.1) is 38.6 Å². The molecule has 0 saturated carbocycles. The number of likely N-dealkylation sites (N-methyl/N-ethyl adjacent to an activating group) is 1. The molecule has 14 heteroatoms. The van der Waals surface area contributed by atoms with Crippen LogP contribution in [0.5, 0.6) is 0 Å². The Kier molecular flexibility index (Phi) is 12.1. The summed E-state index contributed by atoms with van der Waals surface area (Å²) >= 11 is 12.9. The van der Waals surface area contributed by atoms with Crippen LogP contribution in [0.15, 0.2) is 84.4 Å². The summed E-state index contributed by atoms with van der Waals surface area (Å²) in [5.74, 6) is -0.532. The number of pyridine rings is 1. The molecular formula is C41H49Cl2FN10O. The third kappa shape index (κ3) is 9.09. The predicted octanol–water partition coefficient (Wildman–Crippen LogP) is 7.34. The van der Waals surface area contributed by atoms with E-state index in [4.69, 9.17) is 23.2 Å². The van der Waals surface area contributed by atoms with E-state index >= 15 is 0 Å². The SMILES string of the molecule is C=C(/C=C\C=C(/C)C(=O)N1CC(N(C)C)C1)[C@H](Nc1cc(Cl)c2ncc(C#N)c(Nc3ccc(F)c(Cl)c3)c2c1)C1=CN(C2CCN(C(C)(C)C)CC2)NN1. The standard InChI is InChI=1S/C41H49Cl2FN10O/c1-25(9-8-10-26(2)40(55)52-22-31(23-52)51(6)7)37(36-24-54(50-49-36)30-13-15-53(16-14-30)41(3,4)5)48-29-17-32-38(47-28-11-12-35(44)33(42)18-28)27(20-45)21-46-39(32)34(43)19-29/h8-12,17-19,21,24,30-31,37,48-50H,1,13-16,22-23H2,2-7H3,(H,46,47)/b9-8-,26-10+/t37-/m0/s1. The molecule has 6 rings (SSSR count). The highest BCUT2D eigenvalue weighted by molar-refractivity contribution is 6.36. The summed E-state index contributed by atoms with van der Waals surface area (Å²) in [6, 6.07) is 10.3. The summed E-state index contributed by atoms with van der Waals surface area (Å²) in [4.78, 5) is 24.0. The fourth-order valence-corrected chi connectivity index (χ4v) is 7.45. The quantitative estimate of drug-likeness (QED) is 0.116. The first kappa shape index (κ1) is 40.0. The van der Waals surface area contributed by atoms with Crippen LogP contribution in [-0.4, -0.2) is 94.5 Å². The third-order valence-electron chi connectivity index (χ3n) is 10.5. The van der Waals surface area contributed by atoms with Gasteiger partial charge in [0, 0.05) is 78.5 Å². The molecule has 0 spiro atoms. The molecule has 0 unspecified atom stereocenters. The first-order valence-corrected chi connectivity index (χ1v) is 19.2. The Labute approximate surface area is 333 Å². The largest absolute Gasteiger partial charge is 0.373 e. The van der Waals surface area contributed by atoms with Crippen molar-refractivity contribution in [2.24, 2.45) is 0 Å². The van der Waals surface area contributed by atoms with Crippen LogP contribution in [-0.2, 0) is 4.79 Å². The van der Waals surface area contributed by atoms with E-state index in [1.54, 1.807) is 12.1 Å². The number of fused-ring (bicyclic) bond motifs is 1. The molecular weight excluding hydrogens is 738 g/mol. The molecule has 55 heavy (non-hydrogen) atoms. The van der Waals surface area contributed by atoms with Gasteiger partial charge in [0.25, 0.3) is 0 Å². The van der Waals surface area contributed by atoms with Crippen LogP contribution < -0.4 is 21.6 Å². The first-order valence-electron chi connectivity index (χ1n) is 18.4. The van der Waals surface area contributed by atoms with Crippen molar-refractivity contribution >= 4 is 57.1 Å². The molecule has 3 aliphatic rings. The molecule has 4 N–H and O–H groups in total. The molecule has 2 fully saturated rings. The summed E-state index contributed by atoms with van der Waals surface area (Å²) in [6.07, 6.45) is 11.1. The second-order valence-corrected chi connectivity index (χ2v) is 16.4. The highest BCUT2D eigenvalue weighted by atomic mass is 35.5. The van der Waals surface area contributed by atoms with E-state index < -0.39 is 11.9 Å². The minimum atomic E-state index is -0.549. The molecule has 1 atom stereocenters. The van der Waals surface area contributed by atoms with Crippen molar-refractivity contribution in [2.45, 2.75) is 64.2 Å². The van der Waals surface area contributed by atoms with E-state index in [9.17, 15) is 14.4 Å². The lowest BCUT2D eigenvalue weighted by Crippen LogP contribution is -2.59. The van der Waals surface area contributed by atoms with Crippen molar-refractivity contribution < 1.29 is 9.18 Å². The lowest BCUT2D eigenvalue weighted by atomic mass is 9.98. The van der Waals surface area contributed by atoms with Crippen molar-refractivity contribution in [3.05, 3.63) is 106 Å². The van der Waals surface area contributed by atoms with Crippen molar-refractivity contribution in [1.29, 1.82) is 5.26 Å². The van der Waals surface area contributed by atoms with E-state index in [0.29, 0.717) is 57.7 Å². The van der Waals surface area contributed by atoms with Gasteiger partial charge in [-0.3, -0.25) is 19.7 Å². The van der Waals surface area contributed by atoms with Crippen LogP contribution in [0.2, 0.25) is 10.0 Å². The maximum atomic E-state index is 14.0. The Morgan fingerprint density at radius 3 is 2.51 bits per heavy atom. The Bertz CT molecular complexity index is 2090. The van der Waals surface area contributed by atoms with Crippen LogP contribution in [0.1, 0.15) is 46.1 Å². The number of carbonyl (C=O) groups is 1. The van der Waals surface area contributed by atoms with Gasteiger partial charge in [-0.15, -0.1) is 5.53 Å². The highest BCUT2D eigenvalue weighted by Gasteiger charge is 2.33. The summed E-state index contributed by atoms with van der Waals surface area (Å²) < 4.78 is 14.0. The fourth-order valence-electron chi connectivity index (χ4n) is 7.00. The van der Waals surface area contributed by atoms with Crippen molar-refractivity contribution in [1.82, 2.24) is 35.7 Å². The average Bonchev–Trinajstić information content (AvgIpc) is 3.61. The van der Waals surface area contributed by atoms with Crippen LogP contribution in [0, 0.1) is 17.1 Å². The lowest BCUT2D eigenvalue weighted by molar-refractivity contribution is -0.133. The number of nitrogens with zero attached hydrogens (tertiary/aromatic N) is 6. The molecule has 3 aromatic rings. The number of carbonyl (C=O) groups excluding carboxylic acids is 1. The number of hydrogen-bond donors (Lipinski definition) is 4. The number of likely N-dealkylation sites (tertiary alicyclic amines) is 2. The number of nitriles is 1. The Balaban J connectivity index is 1.29. The number of anilines is 3. The van der Waals surface area contributed by atoms with Crippen molar-refractivity contribution in [2.75, 3.05) is 50.9 Å². The number of allylic oxidation sites excluding steroid dienone is 2. The summed E-state index contributed by atoms with van der Waals surface area (Å²) in [6.45, 7) is 16.5. The fraction of sp³-hybridized carbons (Fsp3) is 0.390. The number of piperidine rings is 1. The van der Waals surface area contributed by atoms with Gasteiger partial charge >= 0.3 is 0 Å². The van der Waals surface area contributed by atoms with E-state index in [2.05, 4.69) is 81.0 Å². The molecule has 0 aliphatic carbocycles. The number of hydrogen-bond acceptors (Lipinski definition) is 10. The van der Waals surface area contributed by atoms with Crippen LogP contribution in [0.25, 0.3) is 10.9 Å². The minimum absolute atomic E-state index is 0.0176. The number of nitrogens with one attached hydrogen (secondary N) is 4. The Morgan fingerprint density at radius 1 is 1.15 bits per heavy atom. The highest BCUT2D eigenvalue weighted by Crippen LogP contribution is 2.36. The van der Waals surface area contributed by atoms with Gasteiger partial charge in [0.15, 0.2) is 0 Å². The number of rotatable bonds is 11. The zero-order chi connectivity index (χ0) is 39.6. The van der Waals surface area contributed by atoms with E-state index in [1.807, 2.05) is 50.2 Å². The van der Waals surface area contributed by atoms with Gasteiger partial charge in [0.2, 0.25) is 5.91 Å². The molecule has 2 aromatic carbocycles. The van der Waals surface area contributed by atoms with Gasteiger partial charge in [0.1, 0.15) is 11.9 Å². The smallest absolute Gasteiger partial charge is 0.249 e. The van der Waals surface area contributed by atoms with Crippen LogP contribution in [0.3, 0.4) is 0 Å². The normalized spacial score (nSPS) is 18.0. The molecule has 0 radical (unpaired) electrons. The van der Waals surface area contributed by atoms with E-state index in [1.165, 1.54) is 18.3 Å². The zero-order valence-electron chi connectivity index (χ0n) is 32.2. The van der Waals surface area contributed by atoms with Crippen LogP contribution >= 0.6 is 23.2 Å². The van der Waals surface area contributed by atoms with Gasteiger partial charge in [-0.2, -0.15) is 5.26 Å². The molecule has 1 amide bonds. The third-order valence-corrected chi connectivity index (χ3v) is 11.1. The molecule has 11 nitrogen and oxygen atoms in total. The molecule has 1 aromatic heterocycles. The second-order valence-electron chi connectivity index (χ2n) is 15.6. The predicted molar refractivity (Wildman–Crippen MR) is 220 cm³/mol. The second kappa shape index (κ2) is 16.6. The Hall–Kier alpha value is -4.64. The van der Waals surface area contributed by atoms with Crippen molar-refractivity contribution in [3.8, 4) is 6.07 Å².